The van der Waals surface area contributed by atoms with Crippen LogP contribution in [0.4, 0.5) is 18.9 Å². The summed E-state index contributed by atoms with van der Waals surface area (Å²) in [4.78, 5) is 18.7. The molecule has 0 bridgehead atoms. The van der Waals surface area contributed by atoms with Crippen molar-refractivity contribution < 1.29 is 18.0 Å². The number of likely N-dealkylation sites (tertiary alicyclic amines) is 1. The van der Waals surface area contributed by atoms with E-state index in [9.17, 15) is 18.0 Å². The van der Waals surface area contributed by atoms with Crippen LogP contribution >= 0.6 is 11.7 Å². The third kappa shape index (κ3) is 4.53. The minimum atomic E-state index is -4.33. The Morgan fingerprint density at radius 2 is 1.93 bits per heavy atom. The molecule has 2 aromatic rings. The van der Waals surface area contributed by atoms with Gasteiger partial charge in [0.15, 0.2) is 5.69 Å². The zero-order valence-electron chi connectivity index (χ0n) is 15.8. The number of nitrogens with zero attached hydrogens (tertiary/aromatic N) is 5. The summed E-state index contributed by atoms with van der Waals surface area (Å²) in [5.74, 6) is -0.0777. The predicted molar refractivity (Wildman–Crippen MR) is 104 cm³/mol. The van der Waals surface area contributed by atoms with Gasteiger partial charge in [0.1, 0.15) is 0 Å². The lowest BCUT2D eigenvalue weighted by Gasteiger charge is -2.43. The zero-order chi connectivity index (χ0) is 20.4. The summed E-state index contributed by atoms with van der Waals surface area (Å²) < 4.78 is 46.9. The van der Waals surface area contributed by atoms with Gasteiger partial charge in [-0.05, 0) is 31.0 Å². The monoisotopic (exact) mass is 425 g/mol. The molecule has 0 spiro atoms. The van der Waals surface area contributed by atoms with E-state index < -0.39 is 11.7 Å². The van der Waals surface area contributed by atoms with Crippen LogP contribution in [0.15, 0.2) is 30.5 Å². The number of amides is 1. The van der Waals surface area contributed by atoms with Gasteiger partial charge in [-0.15, -0.1) is 0 Å². The van der Waals surface area contributed by atoms with E-state index in [-0.39, 0.29) is 11.9 Å². The topological polar surface area (TPSA) is 52.6 Å². The van der Waals surface area contributed by atoms with Crippen LogP contribution in [0.2, 0.25) is 0 Å². The van der Waals surface area contributed by atoms with E-state index in [0.29, 0.717) is 31.0 Å². The van der Waals surface area contributed by atoms with Gasteiger partial charge in [-0.1, -0.05) is 6.07 Å². The Bertz CT molecular complexity index is 837. The number of anilines is 1. The molecule has 1 atom stereocenters. The highest BCUT2D eigenvalue weighted by Crippen LogP contribution is 2.32. The van der Waals surface area contributed by atoms with Gasteiger partial charge in [0, 0.05) is 51.0 Å². The highest BCUT2D eigenvalue weighted by atomic mass is 32.1. The molecule has 2 saturated heterocycles. The molecule has 1 aromatic heterocycles. The van der Waals surface area contributed by atoms with Crippen molar-refractivity contribution in [2.45, 2.75) is 25.1 Å². The molecule has 0 N–H and O–H groups in total. The molecule has 6 nitrogen and oxygen atoms in total. The second kappa shape index (κ2) is 8.27. The molecule has 2 aliphatic rings. The molecular weight excluding hydrogens is 403 g/mol. The van der Waals surface area contributed by atoms with Crippen molar-refractivity contribution in [2.24, 2.45) is 0 Å². The Morgan fingerprint density at radius 1 is 1.14 bits per heavy atom. The van der Waals surface area contributed by atoms with E-state index in [0.717, 1.165) is 50.3 Å². The lowest BCUT2D eigenvalue weighted by molar-refractivity contribution is -0.137. The first-order valence-electron chi connectivity index (χ1n) is 9.65. The van der Waals surface area contributed by atoms with Gasteiger partial charge in [0.25, 0.3) is 5.91 Å². The maximum Gasteiger partial charge on any atom is 0.416 e. The molecule has 4 rings (SSSR count). The summed E-state index contributed by atoms with van der Waals surface area (Å²) in [6.45, 7) is 4.24. The highest BCUT2D eigenvalue weighted by molar-refractivity contribution is 6.99. The number of halogens is 3. The quantitative estimate of drug-likeness (QED) is 0.757. The number of piperidine rings is 1. The van der Waals surface area contributed by atoms with Crippen LogP contribution in [0.5, 0.6) is 0 Å². The molecule has 2 aliphatic heterocycles. The van der Waals surface area contributed by atoms with Crippen molar-refractivity contribution in [3.63, 3.8) is 0 Å². The molecule has 0 aliphatic carbocycles. The first-order chi connectivity index (χ1) is 13.9. The van der Waals surface area contributed by atoms with Crippen molar-refractivity contribution in [1.29, 1.82) is 0 Å². The van der Waals surface area contributed by atoms with Gasteiger partial charge >= 0.3 is 6.18 Å². The molecule has 3 heterocycles. The number of benzene rings is 1. The molecule has 1 unspecified atom stereocenters. The van der Waals surface area contributed by atoms with Crippen molar-refractivity contribution in [2.75, 3.05) is 44.2 Å². The van der Waals surface area contributed by atoms with Crippen molar-refractivity contribution in [3.8, 4) is 0 Å². The molecule has 10 heteroatoms. The largest absolute Gasteiger partial charge is 0.416 e. The summed E-state index contributed by atoms with van der Waals surface area (Å²) >= 11 is 1.03. The number of aromatic nitrogens is 2. The maximum atomic E-state index is 13.0. The molecule has 0 saturated carbocycles. The SMILES string of the molecule is O=C(c1cnsn1)N1CCCC(N2CCN(c3cccc(C(F)(F)F)c3)CC2)C1. The number of piperazine rings is 1. The third-order valence-electron chi connectivity index (χ3n) is 5.63. The number of hydrogen-bond donors (Lipinski definition) is 0. The molecular formula is C19H22F3N5OS. The first kappa shape index (κ1) is 20.1. The molecule has 1 amide bonds. The van der Waals surface area contributed by atoms with Gasteiger partial charge in [-0.2, -0.15) is 21.9 Å². The fourth-order valence-electron chi connectivity index (χ4n) is 4.08. The van der Waals surface area contributed by atoms with E-state index in [1.54, 1.807) is 6.07 Å². The van der Waals surface area contributed by atoms with Crippen LogP contribution in [0.3, 0.4) is 0 Å². The van der Waals surface area contributed by atoms with Crippen LogP contribution in [0.25, 0.3) is 0 Å². The number of hydrogen-bond acceptors (Lipinski definition) is 6. The van der Waals surface area contributed by atoms with Gasteiger partial charge in [0.2, 0.25) is 0 Å². The lowest BCUT2D eigenvalue weighted by Crippen LogP contribution is -2.56. The van der Waals surface area contributed by atoms with Gasteiger partial charge < -0.3 is 9.80 Å². The van der Waals surface area contributed by atoms with Gasteiger partial charge in [0.05, 0.1) is 23.5 Å². The van der Waals surface area contributed by atoms with Crippen LogP contribution < -0.4 is 4.90 Å². The van der Waals surface area contributed by atoms with Crippen LogP contribution in [-0.2, 0) is 6.18 Å². The molecule has 0 radical (unpaired) electrons. The number of alkyl halides is 3. The first-order valence-corrected chi connectivity index (χ1v) is 10.4. The van der Waals surface area contributed by atoms with Crippen LogP contribution in [-0.4, -0.2) is 69.8 Å². The third-order valence-corrected chi connectivity index (χ3v) is 6.11. The average molecular weight is 425 g/mol. The number of rotatable bonds is 3. The summed E-state index contributed by atoms with van der Waals surface area (Å²) in [5.41, 5.74) is 0.386. The summed E-state index contributed by atoms with van der Waals surface area (Å²) in [7, 11) is 0. The smallest absolute Gasteiger partial charge is 0.369 e. The fraction of sp³-hybridized carbons (Fsp3) is 0.526. The van der Waals surface area contributed by atoms with E-state index in [1.165, 1.54) is 18.3 Å². The molecule has 156 valence electrons. The average Bonchev–Trinajstić information content (AvgIpc) is 3.28. The Labute approximate surface area is 171 Å². The Balaban J connectivity index is 1.35. The fourth-order valence-corrected chi connectivity index (χ4v) is 4.49. The minimum absolute atomic E-state index is 0.0777. The van der Waals surface area contributed by atoms with Crippen LogP contribution in [0.1, 0.15) is 28.9 Å². The summed E-state index contributed by atoms with van der Waals surface area (Å²) in [6, 6.07) is 5.78. The second-order valence-corrected chi connectivity index (χ2v) is 7.97. The van der Waals surface area contributed by atoms with E-state index in [4.69, 9.17) is 0 Å². The Kier molecular flexibility index (Phi) is 5.73. The van der Waals surface area contributed by atoms with Crippen molar-refractivity contribution in [3.05, 3.63) is 41.7 Å². The number of carbonyl (C=O) groups is 1. The van der Waals surface area contributed by atoms with Crippen molar-refractivity contribution >= 4 is 23.3 Å². The summed E-state index contributed by atoms with van der Waals surface area (Å²) in [6.07, 6.45) is -0.877. The van der Waals surface area contributed by atoms with E-state index >= 15 is 0 Å². The Morgan fingerprint density at radius 3 is 2.62 bits per heavy atom. The zero-order valence-corrected chi connectivity index (χ0v) is 16.6. The Hall–Kier alpha value is -2.20. The van der Waals surface area contributed by atoms with Crippen LogP contribution in [0, 0.1) is 0 Å². The van der Waals surface area contributed by atoms with Gasteiger partial charge in [-0.3, -0.25) is 9.69 Å². The normalized spacial score (nSPS) is 21.4. The highest BCUT2D eigenvalue weighted by Gasteiger charge is 2.33. The summed E-state index contributed by atoms with van der Waals surface area (Å²) in [5, 5.41) is 0. The van der Waals surface area contributed by atoms with Crippen molar-refractivity contribution in [1.82, 2.24) is 18.5 Å². The maximum absolute atomic E-state index is 13.0. The minimum Gasteiger partial charge on any atom is -0.369 e. The lowest BCUT2D eigenvalue weighted by atomic mass is 10.0. The van der Waals surface area contributed by atoms with E-state index in [2.05, 4.69) is 13.6 Å². The van der Waals surface area contributed by atoms with E-state index in [1.807, 2.05) is 9.80 Å². The molecule has 1 aromatic carbocycles. The molecule has 29 heavy (non-hydrogen) atoms. The molecule has 2 fully saturated rings. The van der Waals surface area contributed by atoms with Gasteiger partial charge in [-0.25, -0.2) is 0 Å². The second-order valence-electron chi connectivity index (χ2n) is 7.41. The predicted octanol–water partition coefficient (Wildman–Crippen LogP) is 2.98. The standard InChI is InChI=1S/C19H22F3N5OS/c20-19(21,22)14-3-1-4-15(11-14)25-7-9-26(10-8-25)16-5-2-6-27(13-16)18(28)17-12-23-29-24-17/h1,3-4,11-12,16H,2,5-10,13H2. The number of carbonyl (C=O) groups excluding carboxylic acids is 1.